The maximum atomic E-state index is 12.3. The third-order valence-electron chi connectivity index (χ3n) is 4.60. The second kappa shape index (κ2) is 7.31. The Kier molecular flexibility index (Phi) is 5.81. The van der Waals surface area contributed by atoms with Crippen LogP contribution in [0.3, 0.4) is 0 Å². The lowest BCUT2D eigenvalue weighted by Gasteiger charge is -2.34. The number of ether oxygens (including phenoxy) is 1. The number of amides is 1. The fourth-order valence-electron chi connectivity index (χ4n) is 3.50. The largest absolute Gasteiger partial charge is 0.444 e. The minimum Gasteiger partial charge on any atom is -0.444 e. The molecule has 6 nitrogen and oxygen atoms in total. The Labute approximate surface area is 150 Å². The molecular weight excluding hydrogens is 328 g/mol. The second-order valence-electron chi connectivity index (χ2n) is 7.78. The van der Waals surface area contributed by atoms with Gasteiger partial charge in [-0.15, -0.1) is 12.4 Å². The van der Waals surface area contributed by atoms with Gasteiger partial charge in [-0.25, -0.2) is 9.78 Å². The summed E-state index contributed by atoms with van der Waals surface area (Å²) in [6.45, 7) is 7.99. The first-order chi connectivity index (χ1) is 10.8. The molecule has 2 atom stereocenters. The van der Waals surface area contributed by atoms with Crippen molar-refractivity contribution in [1.29, 1.82) is 0 Å². The minimum absolute atomic E-state index is 0. The first-order valence-corrected chi connectivity index (χ1v) is 8.61. The Morgan fingerprint density at radius 1 is 1.33 bits per heavy atom. The molecule has 0 bridgehead atoms. The van der Waals surface area contributed by atoms with E-state index < -0.39 is 5.60 Å². The number of nitrogens with zero attached hydrogens (tertiary/aromatic N) is 3. The first kappa shape index (κ1) is 19.1. The molecule has 0 saturated carbocycles. The molecule has 2 aliphatic rings. The molecule has 2 unspecified atom stereocenters. The fraction of sp³-hybridized carbons (Fsp3) is 0.765. The van der Waals surface area contributed by atoms with Gasteiger partial charge in [-0.2, -0.15) is 0 Å². The summed E-state index contributed by atoms with van der Waals surface area (Å²) in [6.07, 6.45) is 5.83. The van der Waals surface area contributed by atoms with Crippen molar-refractivity contribution in [2.75, 3.05) is 13.1 Å². The highest BCUT2D eigenvalue weighted by molar-refractivity contribution is 5.85. The summed E-state index contributed by atoms with van der Waals surface area (Å²) in [4.78, 5) is 18.8. The van der Waals surface area contributed by atoms with E-state index in [1.54, 1.807) is 0 Å². The molecule has 1 aromatic heterocycles. The van der Waals surface area contributed by atoms with Crippen molar-refractivity contribution >= 4 is 18.5 Å². The third kappa shape index (κ3) is 4.22. The van der Waals surface area contributed by atoms with Crippen LogP contribution in [-0.4, -0.2) is 45.3 Å². The van der Waals surface area contributed by atoms with Gasteiger partial charge in [0.15, 0.2) is 0 Å². The number of aryl methyl sites for hydroxylation is 1. The molecule has 3 heterocycles. The zero-order valence-electron chi connectivity index (χ0n) is 14.8. The molecule has 24 heavy (non-hydrogen) atoms. The van der Waals surface area contributed by atoms with E-state index in [0.29, 0.717) is 6.54 Å². The van der Waals surface area contributed by atoms with Crippen LogP contribution in [0.4, 0.5) is 4.79 Å². The highest BCUT2D eigenvalue weighted by Gasteiger charge is 2.31. The first-order valence-electron chi connectivity index (χ1n) is 8.61. The molecule has 2 aliphatic heterocycles. The van der Waals surface area contributed by atoms with Crippen LogP contribution in [0.1, 0.15) is 57.5 Å². The zero-order chi connectivity index (χ0) is 16.6. The van der Waals surface area contributed by atoms with Crippen LogP contribution >= 0.6 is 12.4 Å². The van der Waals surface area contributed by atoms with Crippen molar-refractivity contribution in [1.82, 2.24) is 14.5 Å². The van der Waals surface area contributed by atoms with Gasteiger partial charge >= 0.3 is 6.09 Å². The standard InChI is InChI=1S/C17H28N4O2.ClH/c1-17(2,3)23-16(22)20-8-4-5-12(10-20)15-19-9-14-7-6-13(18)11-21(14)15;/h9,12-13H,4-8,10-11,18H2,1-3H3;1H. The van der Waals surface area contributed by atoms with Crippen LogP contribution in [0.5, 0.6) is 0 Å². The number of hydrogen-bond donors (Lipinski definition) is 1. The summed E-state index contributed by atoms with van der Waals surface area (Å²) in [5.41, 5.74) is 6.94. The number of nitrogens with two attached hydrogens (primary N) is 1. The Morgan fingerprint density at radius 2 is 2.08 bits per heavy atom. The summed E-state index contributed by atoms with van der Waals surface area (Å²) in [5, 5.41) is 0. The van der Waals surface area contributed by atoms with Crippen molar-refractivity contribution in [2.24, 2.45) is 5.73 Å². The minimum atomic E-state index is -0.455. The average Bonchev–Trinajstić information content (AvgIpc) is 2.88. The van der Waals surface area contributed by atoms with Gasteiger partial charge in [0.25, 0.3) is 0 Å². The van der Waals surface area contributed by atoms with Crippen LogP contribution in [0.15, 0.2) is 6.20 Å². The van der Waals surface area contributed by atoms with Gasteiger partial charge in [0.1, 0.15) is 11.4 Å². The number of fused-ring (bicyclic) bond motifs is 1. The lowest BCUT2D eigenvalue weighted by atomic mass is 9.96. The summed E-state index contributed by atoms with van der Waals surface area (Å²) in [7, 11) is 0. The van der Waals surface area contributed by atoms with Gasteiger partial charge in [-0.1, -0.05) is 0 Å². The number of rotatable bonds is 1. The van der Waals surface area contributed by atoms with E-state index in [1.165, 1.54) is 5.69 Å². The average molecular weight is 357 g/mol. The number of aromatic nitrogens is 2. The second-order valence-corrected chi connectivity index (χ2v) is 7.78. The van der Waals surface area contributed by atoms with E-state index in [4.69, 9.17) is 10.5 Å². The van der Waals surface area contributed by atoms with Gasteiger partial charge < -0.3 is 19.9 Å². The lowest BCUT2D eigenvalue weighted by Crippen LogP contribution is -2.43. The maximum Gasteiger partial charge on any atom is 0.410 e. The molecule has 0 aromatic carbocycles. The molecule has 3 rings (SSSR count). The van der Waals surface area contributed by atoms with Crippen molar-refractivity contribution in [3.63, 3.8) is 0 Å². The predicted molar refractivity (Wildman–Crippen MR) is 95.6 cm³/mol. The van der Waals surface area contributed by atoms with Gasteiger partial charge in [-0.3, -0.25) is 0 Å². The van der Waals surface area contributed by atoms with Crippen LogP contribution in [0, 0.1) is 0 Å². The molecule has 2 N–H and O–H groups in total. The van der Waals surface area contributed by atoms with Crippen molar-refractivity contribution in [2.45, 2.75) is 70.6 Å². The van der Waals surface area contributed by atoms with E-state index in [1.807, 2.05) is 31.9 Å². The van der Waals surface area contributed by atoms with Crippen LogP contribution < -0.4 is 5.73 Å². The lowest BCUT2D eigenvalue weighted by molar-refractivity contribution is 0.0194. The van der Waals surface area contributed by atoms with E-state index in [-0.39, 0.29) is 30.5 Å². The van der Waals surface area contributed by atoms with Crippen LogP contribution in [0.2, 0.25) is 0 Å². The molecule has 0 spiro atoms. The van der Waals surface area contributed by atoms with Crippen molar-refractivity contribution in [3.8, 4) is 0 Å². The number of carbonyl (C=O) groups excluding carboxylic acids is 1. The normalized spacial score (nSPS) is 24.1. The number of piperidine rings is 1. The van der Waals surface area contributed by atoms with Crippen LogP contribution in [0.25, 0.3) is 0 Å². The van der Waals surface area contributed by atoms with E-state index in [9.17, 15) is 4.79 Å². The number of likely N-dealkylation sites (tertiary alicyclic amines) is 1. The molecular formula is C17H29ClN4O2. The van der Waals surface area contributed by atoms with Gasteiger partial charge in [0.05, 0.1) is 0 Å². The number of hydrogen-bond acceptors (Lipinski definition) is 4. The molecule has 1 saturated heterocycles. The summed E-state index contributed by atoms with van der Waals surface area (Å²) in [6, 6.07) is 0.209. The molecule has 7 heteroatoms. The number of halogens is 1. The molecule has 1 amide bonds. The van der Waals surface area contributed by atoms with E-state index in [0.717, 1.165) is 44.6 Å². The van der Waals surface area contributed by atoms with Crippen LogP contribution in [-0.2, 0) is 17.7 Å². The Hall–Kier alpha value is -1.27. The molecule has 1 fully saturated rings. The predicted octanol–water partition coefficient (Wildman–Crippen LogP) is 2.69. The van der Waals surface area contributed by atoms with Crippen molar-refractivity contribution in [3.05, 3.63) is 17.7 Å². The van der Waals surface area contributed by atoms with E-state index >= 15 is 0 Å². The highest BCUT2D eigenvalue weighted by atomic mass is 35.5. The monoisotopic (exact) mass is 356 g/mol. The quantitative estimate of drug-likeness (QED) is 0.839. The number of carbonyl (C=O) groups is 1. The molecule has 0 aliphatic carbocycles. The Balaban J connectivity index is 0.00000208. The molecule has 1 aromatic rings. The third-order valence-corrected chi connectivity index (χ3v) is 4.60. The maximum absolute atomic E-state index is 12.3. The van der Waals surface area contributed by atoms with Gasteiger partial charge in [0, 0.05) is 43.5 Å². The van der Waals surface area contributed by atoms with Crippen molar-refractivity contribution < 1.29 is 9.53 Å². The summed E-state index contributed by atoms with van der Waals surface area (Å²) < 4.78 is 7.79. The smallest absolute Gasteiger partial charge is 0.410 e. The zero-order valence-corrected chi connectivity index (χ0v) is 15.6. The van der Waals surface area contributed by atoms with Gasteiger partial charge in [0.2, 0.25) is 0 Å². The molecule has 136 valence electrons. The van der Waals surface area contributed by atoms with Gasteiger partial charge in [-0.05, 0) is 46.5 Å². The summed E-state index contributed by atoms with van der Waals surface area (Å²) >= 11 is 0. The fourth-order valence-corrected chi connectivity index (χ4v) is 3.50. The number of imidazole rings is 1. The Morgan fingerprint density at radius 3 is 2.79 bits per heavy atom. The SMILES string of the molecule is CC(C)(C)OC(=O)N1CCCC(c2ncc3n2CC(N)CC3)C1.Cl. The molecule has 0 radical (unpaired) electrons. The highest BCUT2D eigenvalue weighted by Crippen LogP contribution is 2.29. The van der Waals surface area contributed by atoms with E-state index in [2.05, 4.69) is 9.55 Å². The Bertz CT molecular complexity index is 582. The summed E-state index contributed by atoms with van der Waals surface area (Å²) in [5.74, 6) is 1.36. The topological polar surface area (TPSA) is 73.4 Å².